The number of para-hydroxylation sites is 1. The topological polar surface area (TPSA) is 99.5 Å². The summed E-state index contributed by atoms with van der Waals surface area (Å²) in [7, 11) is -3.25. The average Bonchev–Trinajstić information content (AvgIpc) is 3.74. The maximum Gasteiger partial charge on any atom is 0.251 e. The molecule has 0 unspecified atom stereocenters. The van der Waals surface area contributed by atoms with E-state index in [1.54, 1.807) is 31.2 Å². The molecule has 2 aliphatic rings. The predicted molar refractivity (Wildman–Crippen MR) is 144 cm³/mol. The second-order valence-electron chi connectivity index (χ2n) is 9.71. The largest absolute Gasteiger partial charge is 0.486 e. The number of carbonyl (C=O) groups excluding carboxylic acids is 1. The maximum atomic E-state index is 13.0. The Kier molecular flexibility index (Phi) is 6.31. The molecule has 4 aromatic rings. The molecule has 1 aromatic heterocycles. The van der Waals surface area contributed by atoms with Crippen molar-refractivity contribution in [1.29, 1.82) is 0 Å². The number of sulfone groups is 1. The van der Waals surface area contributed by atoms with Crippen LogP contribution in [0.3, 0.4) is 0 Å². The summed E-state index contributed by atoms with van der Waals surface area (Å²) in [6.45, 7) is 3.62. The van der Waals surface area contributed by atoms with Gasteiger partial charge in [-0.05, 0) is 54.8 Å². The number of hydrogen-bond donors (Lipinski definition) is 1. The quantitative estimate of drug-likeness (QED) is 0.361. The first-order valence-electron chi connectivity index (χ1n) is 12.9. The number of benzene rings is 3. The van der Waals surface area contributed by atoms with E-state index in [0.717, 1.165) is 52.3 Å². The lowest BCUT2D eigenvalue weighted by atomic mass is 10.1. The highest BCUT2D eigenvalue weighted by Gasteiger charge is 2.30. The zero-order chi connectivity index (χ0) is 26.3. The SMILES string of the molecule is CCS(=O)(=O)c1ccc(CNC(=O)c2ccc3c(c2)nc(C2CC2)n3Cc2cccc3c2OCCO3)cc1. The van der Waals surface area contributed by atoms with E-state index < -0.39 is 9.84 Å². The third-order valence-corrected chi connectivity index (χ3v) is 8.82. The second kappa shape index (κ2) is 9.79. The number of carbonyl (C=O) groups is 1. The molecule has 0 saturated heterocycles. The molecule has 6 rings (SSSR count). The van der Waals surface area contributed by atoms with Crippen molar-refractivity contribution >= 4 is 26.8 Å². The Morgan fingerprint density at radius 1 is 1.05 bits per heavy atom. The Morgan fingerprint density at radius 3 is 2.61 bits per heavy atom. The fourth-order valence-corrected chi connectivity index (χ4v) is 5.69. The summed E-state index contributed by atoms with van der Waals surface area (Å²) in [5.41, 5.74) is 4.17. The van der Waals surface area contributed by atoms with Gasteiger partial charge >= 0.3 is 0 Å². The van der Waals surface area contributed by atoms with Crippen LogP contribution in [0.2, 0.25) is 0 Å². The van der Waals surface area contributed by atoms with Crippen LogP contribution in [0.4, 0.5) is 0 Å². The number of nitrogens with zero attached hydrogens (tertiary/aromatic N) is 2. The van der Waals surface area contributed by atoms with E-state index in [0.29, 0.717) is 37.8 Å². The predicted octanol–water partition coefficient (Wildman–Crippen LogP) is 4.46. The minimum absolute atomic E-state index is 0.0551. The fourth-order valence-electron chi connectivity index (χ4n) is 4.80. The molecule has 0 bridgehead atoms. The van der Waals surface area contributed by atoms with Gasteiger partial charge in [0.05, 0.1) is 28.2 Å². The number of amides is 1. The summed E-state index contributed by atoms with van der Waals surface area (Å²) in [6, 6.07) is 18.2. The molecule has 38 heavy (non-hydrogen) atoms. The van der Waals surface area contributed by atoms with Crippen molar-refractivity contribution in [3.63, 3.8) is 0 Å². The monoisotopic (exact) mass is 531 g/mol. The highest BCUT2D eigenvalue weighted by molar-refractivity contribution is 7.91. The van der Waals surface area contributed by atoms with Crippen LogP contribution in [-0.4, -0.2) is 42.8 Å². The van der Waals surface area contributed by atoms with Crippen molar-refractivity contribution in [3.8, 4) is 11.5 Å². The zero-order valence-electron chi connectivity index (χ0n) is 21.1. The Bertz CT molecular complexity index is 1620. The zero-order valence-corrected chi connectivity index (χ0v) is 22.0. The van der Waals surface area contributed by atoms with Gasteiger partial charge in [-0.2, -0.15) is 0 Å². The van der Waals surface area contributed by atoms with Gasteiger partial charge < -0.3 is 19.4 Å². The highest BCUT2D eigenvalue weighted by Crippen LogP contribution is 2.42. The molecule has 1 amide bonds. The van der Waals surface area contributed by atoms with E-state index >= 15 is 0 Å². The molecule has 9 heteroatoms. The number of imidazole rings is 1. The van der Waals surface area contributed by atoms with Crippen molar-refractivity contribution < 1.29 is 22.7 Å². The third kappa shape index (κ3) is 4.74. The number of ether oxygens (including phenoxy) is 2. The van der Waals surface area contributed by atoms with Gasteiger partial charge in [0.1, 0.15) is 19.0 Å². The van der Waals surface area contributed by atoms with E-state index in [1.165, 1.54) is 0 Å². The van der Waals surface area contributed by atoms with Gasteiger partial charge in [-0.1, -0.05) is 31.2 Å². The molecule has 1 aliphatic heterocycles. The second-order valence-corrected chi connectivity index (χ2v) is 12.0. The minimum atomic E-state index is -3.25. The highest BCUT2D eigenvalue weighted by atomic mass is 32.2. The molecule has 2 heterocycles. The summed E-state index contributed by atoms with van der Waals surface area (Å²) in [6.07, 6.45) is 2.23. The summed E-state index contributed by atoms with van der Waals surface area (Å²) in [4.78, 5) is 18.2. The van der Waals surface area contributed by atoms with Crippen LogP contribution in [0.1, 0.15) is 53.0 Å². The van der Waals surface area contributed by atoms with E-state index in [2.05, 4.69) is 16.0 Å². The van der Waals surface area contributed by atoms with Gasteiger partial charge in [0.2, 0.25) is 0 Å². The molecule has 1 aliphatic carbocycles. The number of rotatable bonds is 8. The lowest BCUT2D eigenvalue weighted by molar-refractivity contribution is 0.0951. The van der Waals surface area contributed by atoms with Gasteiger partial charge in [0, 0.05) is 23.6 Å². The van der Waals surface area contributed by atoms with Crippen LogP contribution >= 0.6 is 0 Å². The van der Waals surface area contributed by atoms with Gasteiger partial charge in [-0.15, -0.1) is 0 Å². The maximum absolute atomic E-state index is 13.0. The molecular weight excluding hydrogens is 502 g/mol. The molecule has 8 nitrogen and oxygen atoms in total. The number of fused-ring (bicyclic) bond motifs is 2. The van der Waals surface area contributed by atoms with Crippen LogP contribution < -0.4 is 14.8 Å². The van der Waals surface area contributed by atoms with Crippen LogP contribution in [0.5, 0.6) is 11.5 Å². The fraction of sp³-hybridized carbons (Fsp3) is 0.310. The summed E-state index contributed by atoms with van der Waals surface area (Å²) < 4.78 is 38.0. The van der Waals surface area contributed by atoms with E-state index in [9.17, 15) is 13.2 Å². The lowest BCUT2D eigenvalue weighted by Gasteiger charge is -2.21. The first kappa shape index (κ1) is 24.5. The normalized spacial score (nSPS) is 15.0. The first-order chi connectivity index (χ1) is 18.4. The summed E-state index contributed by atoms with van der Waals surface area (Å²) in [5, 5.41) is 2.93. The van der Waals surface area contributed by atoms with Crippen LogP contribution in [-0.2, 0) is 22.9 Å². The van der Waals surface area contributed by atoms with Crippen LogP contribution in [0, 0.1) is 0 Å². The Balaban J connectivity index is 1.22. The first-order valence-corrected chi connectivity index (χ1v) is 14.6. The Labute approximate surface area is 221 Å². The molecule has 0 spiro atoms. The smallest absolute Gasteiger partial charge is 0.251 e. The van der Waals surface area contributed by atoms with Crippen molar-refractivity contribution in [2.45, 2.75) is 43.7 Å². The van der Waals surface area contributed by atoms with Crippen molar-refractivity contribution in [1.82, 2.24) is 14.9 Å². The van der Waals surface area contributed by atoms with Gasteiger partial charge in [-0.25, -0.2) is 13.4 Å². The molecule has 1 N–H and O–H groups in total. The van der Waals surface area contributed by atoms with Gasteiger partial charge in [-0.3, -0.25) is 4.79 Å². The standard InChI is InChI=1S/C29H29N3O5S/c1-2-38(34,35)23-11-6-19(7-12-23)17-30-29(33)21-10-13-25-24(16-21)31-28(20-8-9-20)32(25)18-22-4-3-5-26-27(22)37-15-14-36-26/h3-7,10-13,16,20H,2,8-9,14-15,17-18H2,1H3,(H,30,33). The average molecular weight is 532 g/mol. The van der Waals surface area contributed by atoms with Gasteiger partial charge in [0.25, 0.3) is 5.91 Å². The van der Waals surface area contributed by atoms with Crippen LogP contribution in [0.15, 0.2) is 65.6 Å². The van der Waals surface area contributed by atoms with E-state index in [1.807, 2.05) is 30.3 Å². The Morgan fingerprint density at radius 2 is 1.84 bits per heavy atom. The van der Waals surface area contributed by atoms with Crippen LogP contribution in [0.25, 0.3) is 11.0 Å². The minimum Gasteiger partial charge on any atom is -0.486 e. The summed E-state index contributed by atoms with van der Waals surface area (Å²) in [5.74, 6) is 2.87. The van der Waals surface area contributed by atoms with Crippen molar-refractivity contribution in [2.75, 3.05) is 19.0 Å². The third-order valence-electron chi connectivity index (χ3n) is 7.07. The van der Waals surface area contributed by atoms with Gasteiger partial charge in [0.15, 0.2) is 21.3 Å². The molecule has 0 atom stereocenters. The molecule has 3 aromatic carbocycles. The Hall–Kier alpha value is -3.85. The summed E-state index contributed by atoms with van der Waals surface area (Å²) >= 11 is 0. The molecule has 0 radical (unpaired) electrons. The molecule has 1 saturated carbocycles. The number of nitrogens with one attached hydrogen (secondary N) is 1. The molecular formula is C29H29N3O5S. The van der Waals surface area contributed by atoms with Crippen molar-refractivity contribution in [2.24, 2.45) is 0 Å². The lowest BCUT2D eigenvalue weighted by Crippen LogP contribution is -2.22. The number of hydrogen-bond acceptors (Lipinski definition) is 6. The van der Waals surface area contributed by atoms with E-state index in [4.69, 9.17) is 14.5 Å². The van der Waals surface area contributed by atoms with Crippen molar-refractivity contribution in [3.05, 3.63) is 83.2 Å². The molecule has 1 fully saturated rings. The molecule has 196 valence electrons. The van der Waals surface area contributed by atoms with E-state index in [-0.39, 0.29) is 16.6 Å². The number of aromatic nitrogens is 2.